The Hall–Kier alpha value is -2.44. The number of nitrogens with zero attached hydrogens (tertiary/aromatic N) is 2. The number of phenols is 1. The molecular formula is C19H23N3O3. The number of carbonyl (C=O) groups excluding carboxylic acids is 1. The molecule has 1 aromatic carbocycles. The number of benzene rings is 1. The highest BCUT2D eigenvalue weighted by molar-refractivity contribution is 5.92. The average Bonchev–Trinajstić information content (AvgIpc) is 2.58. The summed E-state index contributed by atoms with van der Waals surface area (Å²) in [5.74, 6) is -0.156. The van der Waals surface area contributed by atoms with Gasteiger partial charge in [-0.3, -0.25) is 14.7 Å². The van der Waals surface area contributed by atoms with E-state index in [0.29, 0.717) is 30.0 Å². The number of β-amino-alcohol motifs (C(OH)–C–C–N with tert-alkyl or cyclic N) is 1. The van der Waals surface area contributed by atoms with E-state index in [1.165, 1.54) is 17.3 Å². The number of fused-ring (bicyclic) bond motifs is 1. The first-order chi connectivity index (χ1) is 11.9. The Morgan fingerprint density at radius 3 is 2.96 bits per heavy atom. The summed E-state index contributed by atoms with van der Waals surface area (Å²) >= 11 is 0. The predicted octanol–water partition coefficient (Wildman–Crippen LogP) is 1.16. The number of aromatic hydroxyl groups is 1. The van der Waals surface area contributed by atoms with Crippen LogP contribution in [0.15, 0.2) is 30.5 Å². The maximum absolute atomic E-state index is 11.2. The van der Waals surface area contributed by atoms with Crippen LogP contribution in [0.3, 0.4) is 0 Å². The molecule has 2 heterocycles. The van der Waals surface area contributed by atoms with Gasteiger partial charge >= 0.3 is 0 Å². The monoisotopic (exact) mass is 341 g/mol. The van der Waals surface area contributed by atoms with E-state index in [2.05, 4.69) is 9.88 Å². The van der Waals surface area contributed by atoms with Crippen LogP contribution in [-0.2, 0) is 19.4 Å². The molecule has 0 spiro atoms. The molecule has 6 heteroatoms. The Morgan fingerprint density at radius 2 is 2.20 bits per heavy atom. The van der Waals surface area contributed by atoms with Gasteiger partial charge in [-0.15, -0.1) is 0 Å². The second kappa shape index (κ2) is 7.21. The van der Waals surface area contributed by atoms with Crippen molar-refractivity contribution in [3.05, 3.63) is 58.4 Å². The van der Waals surface area contributed by atoms with Gasteiger partial charge in [-0.1, -0.05) is 6.07 Å². The standard InChI is InChI=1S/C19H23N3O3/c1-12-17-5-7-22(10-14(17)2-3-18(12)24)11-16(23)9-15-8-13(19(20)25)4-6-21-15/h2-4,6,8,16,23-24H,5,7,9-11H2,1H3,(H2,20,25)/t16-/m0/s1. The van der Waals surface area contributed by atoms with Crippen LogP contribution < -0.4 is 5.73 Å². The number of aliphatic hydroxyl groups excluding tert-OH is 1. The van der Waals surface area contributed by atoms with Gasteiger partial charge in [-0.25, -0.2) is 0 Å². The zero-order valence-corrected chi connectivity index (χ0v) is 14.3. The minimum absolute atomic E-state index is 0.340. The van der Waals surface area contributed by atoms with E-state index >= 15 is 0 Å². The molecule has 25 heavy (non-hydrogen) atoms. The Kier molecular flexibility index (Phi) is 5.01. The lowest BCUT2D eigenvalue weighted by atomic mass is 9.94. The zero-order valence-electron chi connectivity index (χ0n) is 14.3. The van der Waals surface area contributed by atoms with Gasteiger partial charge in [0.25, 0.3) is 0 Å². The van der Waals surface area contributed by atoms with Crippen molar-refractivity contribution in [2.75, 3.05) is 13.1 Å². The molecule has 0 bridgehead atoms. The lowest BCUT2D eigenvalue weighted by Gasteiger charge is -2.31. The number of carbonyl (C=O) groups is 1. The van der Waals surface area contributed by atoms with Gasteiger partial charge in [0.15, 0.2) is 0 Å². The molecule has 1 atom stereocenters. The molecule has 1 aromatic heterocycles. The van der Waals surface area contributed by atoms with Crippen molar-refractivity contribution in [2.24, 2.45) is 5.73 Å². The molecule has 1 aliphatic heterocycles. The first-order valence-electron chi connectivity index (χ1n) is 8.39. The number of rotatable bonds is 5. The van der Waals surface area contributed by atoms with Crippen LogP contribution in [0, 0.1) is 6.92 Å². The number of aromatic nitrogens is 1. The quantitative estimate of drug-likeness (QED) is 0.758. The number of phenolic OH excluding ortho intramolecular Hbond substituents is 1. The smallest absolute Gasteiger partial charge is 0.248 e. The zero-order chi connectivity index (χ0) is 18.0. The van der Waals surface area contributed by atoms with Crippen LogP contribution in [0.5, 0.6) is 5.75 Å². The van der Waals surface area contributed by atoms with Crippen molar-refractivity contribution in [1.82, 2.24) is 9.88 Å². The third kappa shape index (κ3) is 3.97. The molecular weight excluding hydrogens is 318 g/mol. The Morgan fingerprint density at radius 1 is 1.40 bits per heavy atom. The van der Waals surface area contributed by atoms with Crippen LogP contribution in [0.4, 0.5) is 0 Å². The van der Waals surface area contributed by atoms with E-state index in [-0.39, 0.29) is 0 Å². The molecule has 4 N–H and O–H groups in total. The van der Waals surface area contributed by atoms with E-state index < -0.39 is 12.0 Å². The summed E-state index contributed by atoms with van der Waals surface area (Å²) in [6, 6.07) is 6.88. The van der Waals surface area contributed by atoms with Gasteiger partial charge in [0.2, 0.25) is 5.91 Å². The van der Waals surface area contributed by atoms with Crippen LogP contribution in [0.25, 0.3) is 0 Å². The number of hydrogen-bond acceptors (Lipinski definition) is 5. The maximum Gasteiger partial charge on any atom is 0.248 e. The summed E-state index contributed by atoms with van der Waals surface area (Å²) in [5, 5.41) is 20.2. The molecule has 0 aliphatic carbocycles. The molecule has 3 rings (SSSR count). The van der Waals surface area contributed by atoms with Gasteiger partial charge in [-0.05, 0) is 48.2 Å². The van der Waals surface area contributed by atoms with Gasteiger partial charge in [-0.2, -0.15) is 0 Å². The fourth-order valence-corrected chi connectivity index (χ4v) is 3.39. The summed E-state index contributed by atoms with van der Waals surface area (Å²) in [7, 11) is 0. The van der Waals surface area contributed by atoms with Crippen molar-refractivity contribution in [3.8, 4) is 5.75 Å². The third-order valence-corrected chi connectivity index (χ3v) is 4.75. The van der Waals surface area contributed by atoms with E-state index in [0.717, 1.165) is 25.1 Å². The molecule has 2 aromatic rings. The highest BCUT2D eigenvalue weighted by Crippen LogP contribution is 2.28. The number of aliphatic hydroxyl groups is 1. The average molecular weight is 341 g/mol. The van der Waals surface area contributed by atoms with Gasteiger partial charge in [0.1, 0.15) is 5.75 Å². The van der Waals surface area contributed by atoms with Crippen LogP contribution >= 0.6 is 0 Å². The third-order valence-electron chi connectivity index (χ3n) is 4.75. The first-order valence-corrected chi connectivity index (χ1v) is 8.39. The first kappa shape index (κ1) is 17.4. The number of nitrogens with two attached hydrogens (primary N) is 1. The Labute approximate surface area is 146 Å². The van der Waals surface area contributed by atoms with E-state index in [9.17, 15) is 15.0 Å². The molecule has 1 aliphatic rings. The molecule has 0 radical (unpaired) electrons. The van der Waals surface area contributed by atoms with Crippen molar-refractivity contribution < 1.29 is 15.0 Å². The summed E-state index contributed by atoms with van der Waals surface area (Å²) in [6.07, 6.45) is 2.20. The molecule has 0 fully saturated rings. The second-order valence-electron chi connectivity index (χ2n) is 6.59. The molecule has 0 saturated heterocycles. The summed E-state index contributed by atoms with van der Waals surface area (Å²) in [6.45, 7) is 4.06. The maximum atomic E-state index is 11.2. The molecule has 6 nitrogen and oxygen atoms in total. The SMILES string of the molecule is Cc1c(O)ccc2c1CCN(C[C@@H](O)Cc1cc(C(N)=O)ccn1)C2. The highest BCUT2D eigenvalue weighted by Gasteiger charge is 2.21. The fraction of sp³-hybridized carbons (Fsp3) is 0.368. The van der Waals surface area contributed by atoms with Gasteiger partial charge in [0.05, 0.1) is 6.10 Å². The summed E-state index contributed by atoms with van der Waals surface area (Å²) < 4.78 is 0. The summed E-state index contributed by atoms with van der Waals surface area (Å²) in [5.41, 5.74) is 9.69. The second-order valence-corrected chi connectivity index (χ2v) is 6.59. The Balaban J connectivity index is 1.62. The van der Waals surface area contributed by atoms with E-state index in [4.69, 9.17) is 5.73 Å². The number of pyridine rings is 1. The topological polar surface area (TPSA) is 99.7 Å². The van der Waals surface area contributed by atoms with Crippen LogP contribution in [0.1, 0.15) is 32.7 Å². The molecule has 0 saturated carbocycles. The highest BCUT2D eigenvalue weighted by atomic mass is 16.3. The van der Waals surface area contributed by atoms with Crippen LogP contribution in [0.2, 0.25) is 0 Å². The van der Waals surface area contributed by atoms with E-state index in [1.807, 2.05) is 13.0 Å². The van der Waals surface area contributed by atoms with Crippen molar-refractivity contribution in [1.29, 1.82) is 0 Å². The molecule has 132 valence electrons. The number of hydrogen-bond donors (Lipinski definition) is 3. The fourth-order valence-electron chi connectivity index (χ4n) is 3.39. The van der Waals surface area contributed by atoms with Gasteiger partial charge in [0, 0.05) is 43.5 Å². The summed E-state index contributed by atoms with van der Waals surface area (Å²) in [4.78, 5) is 17.6. The van der Waals surface area contributed by atoms with Crippen LogP contribution in [-0.4, -0.2) is 45.2 Å². The van der Waals surface area contributed by atoms with E-state index in [1.54, 1.807) is 18.2 Å². The lowest BCUT2D eigenvalue weighted by Crippen LogP contribution is -2.37. The number of amides is 1. The predicted molar refractivity (Wildman–Crippen MR) is 94.3 cm³/mol. The van der Waals surface area contributed by atoms with Gasteiger partial charge < -0.3 is 15.9 Å². The Bertz CT molecular complexity index is 791. The largest absolute Gasteiger partial charge is 0.508 e. The molecule has 0 unspecified atom stereocenters. The normalized spacial score (nSPS) is 15.6. The van der Waals surface area contributed by atoms with Crippen molar-refractivity contribution in [3.63, 3.8) is 0 Å². The minimum atomic E-state index is -0.574. The lowest BCUT2D eigenvalue weighted by molar-refractivity contribution is 0.0996. The minimum Gasteiger partial charge on any atom is -0.508 e. The molecule has 1 amide bonds. The number of primary amides is 1. The van der Waals surface area contributed by atoms with Crippen molar-refractivity contribution in [2.45, 2.75) is 32.4 Å². The van der Waals surface area contributed by atoms with Crippen molar-refractivity contribution >= 4 is 5.91 Å².